The Kier molecular flexibility index (Phi) is 8.78. The molecule has 1 N–H and O–H groups in total. The summed E-state index contributed by atoms with van der Waals surface area (Å²) < 4.78 is 15.2. The summed E-state index contributed by atoms with van der Waals surface area (Å²) >= 11 is 0. The molecule has 0 spiro atoms. The lowest BCUT2D eigenvalue weighted by Crippen LogP contribution is -2.38. The number of ether oxygens (including phenoxy) is 3. The van der Waals surface area contributed by atoms with Crippen LogP contribution >= 0.6 is 0 Å². The molecular formula is C20H29NO6. The maximum atomic E-state index is 12.2. The Balaban J connectivity index is 2.75. The first-order chi connectivity index (χ1) is 12.7. The lowest BCUT2D eigenvalue weighted by Gasteiger charge is -2.21. The van der Waals surface area contributed by atoms with Crippen molar-refractivity contribution in [3.05, 3.63) is 35.4 Å². The third-order valence-corrected chi connectivity index (χ3v) is 3.46. The molecule has 0 aromatic heterocycles. The second-order valence-corrected chi connectivity index (χ2v) is 6.95. The summed E-state index contributed by atoms with van der Waals surface area (Å²) in [7, 11) is 0. The molecule has 0 bridgehead atoms. The predicted octanol–water partition coefficient (Wildman–Crippen LogP) is 3.11. The van der Waals surface area contributed by atoms with Crippen molar-refractivity contribution >= 4 is 18.0 Å². The third kappa shape index (κ3) is 8.57. The van der Waals surface area contributed by atoms with Crippen LogP contribution in [0.25, 0.3) is 0 Å². The van der Waals surface area contributed by atoms with Gasteiger partial charge in [0.05, 0.1) is 24.7 Å². The highest BCUT2D eigenvalue weighted by Gasteiger charge is 2.23. The van der Waals surface area contributed by atoms with Gasteiger partial charge in [0.1, 0.15) is 5.60 Å². The van der Waals surface area contributed by atoms with E-state index in [2.05, 4.69) is 5.32 Å². The second-order valence-electron chi connectivity index (χ2n) is 6.95. The van der Waals surface area contributed by atoms with Crippen LogP contribution in [0.2, 0.25) is 0 Å². The molecule has 1 amide bonds. The number of rotatable bonds is 8. The van der Waals surface area contributed by atoms with E-state index in [1.807, 2.05) is 0 Å². The van der Waals surface area contributed by atoms with Crippen molar-refractivity contribution in [3.63, 3.8) is 0 Å². The van der Waals surface area contributed by atoms with Gasteiger partial charge in [-0.25, -0.2) is 9.59 Å². The van der Waals surface area contributed by atoms with Gasteiger partial charge in [0, 0.05) is 6.54 Å². The minimum absolute atomic E-state index is 0.0906. The van der Waals surface area contributed by atoms with E-state index in [4.69, 9.17) is 14.2 Å². The highest BCUT2D eigenvalue weighted by atomic mass is 16.6. The Bertz CT molecular complexity index is 633. The third-order valence-electron chi connectivity index (χ3n) is 3.46. The van der Waals surface area contributed by atoms with E-state index in [-0.39, 0.29) is 13.2 Å². The molecule has 0 saturated heterocycles. The summed E-state index contributed by atoms with van der Waals surface area (Å²) in [4.78, 5) is 35.8. The fourth-order valence-corrected chi connectivity index (χ4v) is 2.30. The van der Waals surface area contributed by atoms with E-state index >= 15 is 0 Å². The van der Waals surface area contributed by atoms with E-state index in [0.717, 1.165) is 5.56 Å². The van der Waals surface area contributed by atoms with E-state index in [1.165, 1.54) is 0 Å². The average Bonchev–Trinajstić information content (AvgIpc) is 2.58. The Labute approximate surface area is 160 Å². The van der Waals surface area contributed by atoms with E-state index in [9.17, 15) is 14.4 Å². The average molecular weight is 379 g/mol. The molecule has 0 fully saturated rings. The number of carbonyl (C=O) groups excluding carboxylic acids is 3. The Morgan fingerprint density at radius 1 is 1.00 bits per heavy atom. The highest BCUT2D eigenvalue weighted by Crippen LogP contribution is 2.13. The van der Waals surface area contributed by atoms with Gasteiger partial charge in [0.15, 0.2) is 0 Å². The summed E-state index contributed by atoms with van der Waals surface area (Å²) in [5, 5.41) is 2.61. The zero-order chi connectivity index (χ0) is 20.4. The molecule has 0 aliphatic heterocycles. The van der Waals surface area contributed by atoms with Crippen molar-refractivity contribution in [1.29, 1.82) is 0 Å². The maximum absolute atomic E-state index is 12.2. The molecule has 0 saturated carbocycles. The van der Waals surface area contributed by atoms with E-state index in [1.54, 1.807) is 58.9 Å². The van der Waals surface area contributed by atoms with Crippen molar-refractivity contribution in [2.24, 2.45) is 5.92 Å². The van der Waals surface area contributed by atoms with Crippen LogP contribution in [0.1, 0.15) is 50.5 Å². The number of benzene rings is 1. The number of esters is 2. The molecule has 1 unspecified atom stereocenters. The number of nitrogens with one attached hydrogen (secondary N) is 1. The van der Waals surface area contributed by atoms with Crippen LogP contribution in [0.4, 0.5) is 4.79 Å². The molecule has 0 heterocycles. The summed E-state index contributed by atoms with van der Waals surface area (Å²) in [6, 6.07) is 6.81. The number of hydrogen-bond acceptors (Lipinski definition) is 6. The molecule has 1 aromatic carbocycles. The van der Waals surface area contributed by atoms with Gasteiger partial charge < -0.3 is 19.5 Å². The smallest absolute Gasteiger partial charge is 0.407 e. The summed E-state index contributed by atoms with van der Waals surface area (Å²) in [6.07, 6.45) is -0.230. The number of amides is 1. The standard InChI is InChI=1S/C20H29NO6/c1-6-25-17(22)15-10-8-14(9-11-15)12-16(18(23)26-7-2)13-21-19(24)27-20(3,4)5/h8-11,16H,6-7,12-13H2,1-5H3,(H,21,24). The molecule has 27 heavy (non-hydrogen) atoms. The fraction of sp³-hybridized carbons (Fsp3) is 0.550. The summed E-state index contributed by atoms with van der Waals surface area (Å²) in [6.45, 7) is 9.42. The lowest BCUT2D eigenvalue weighted by atomic mass is 9.98. The van der Waals surface area contributed by atoms with Crippen molar-refractivity contribution in [2.45, 2.75) is 46.6 Å². The molecule has 1 atom stereocenters. The second kappa shape index (κ2) is 10.5. The highest BCUT2D eigenvalue weighted by molar-refractivity contribution is 5.89. The molecule has 0 radical (unpaired) electrons. The Morgan fingerprint density at radius 2 is 1.59 bits per heavy atom. The van der Waals surface area contributed by atoms with Crippen LogP contribution in [0.3, 0.4) is 0 Å². The predicted molar refractivity (Wildman–Crippen MR) is 100 cm³/mol. The molecule has 7 heteroatoms. The Hall–Kier alpha value is -2.57. The molecular weight excluding hydrogens is 350 g/mol. The van der Waals surface area contributed by atoms with Crippen LogP contribution < -0.4 is 5.32 Å². The summed E-state index contributed by atoms with van der Waals surface area (Å²) in [5.41, 5.74) is 0.666. The first kappa shape index (κ1) is 22.5. The van der Waals surface area contributed by atoms with Gasteiger partial charge in [-0.05, 0) is 58.7 Å². The molecule has 0 aliphatic carbocycles. The number of alkyl carbamates (subject to hydrolysis) is 1. The number of carbonyl (C=O) groups is 3. The molecule has 0 aliphatic rings. The molecule has 150 valence electrons. The minimum atomic E-state index is -0.619. The van der Waals surface area contributed by atoms with E-state index in [0.29, 0.717) is 18.6 Å². The van der Waals surface area contributed by atoms with Crippen LogP contribution in [-0.2, 0) is 25.4 Å². The molecule has 7 nitrogen and oxygen atoms in total. The van der Waals surface area contributed by atoms with Gasteiger partial charge in [0.2, 0.25) is 0 Å². The first-order valence-electron chi connectivity index (χ1n) is 9.05. The van der Waals surface area contributed by atoms with Gasteiger partial charge >= 0.3 is 18.0 Å². The minimum Gasteiger partial charge on any atom is -0.466 e. The normalized spacial score (nSPS) is 12.0. The van der Waals surface area contributed by atoms with Gasteiger partial charge in [-0.2, -0.15) is 0 Å². The van der Waals surface area contributed by atoms with Gasteiger partial charge in [0.25, 0.3) is 0 Å². The van der Waals surface area contributed by atoms with Gasteiger partial charge in [-0.15, -0.1) is 0 Å². The van der Waals surface area contributed by atoms with Crippen molar-refractivity contribution in [3.8, 4) is 0 Å². The quantitative estimate of drug-likeness (QED) is 0.551. The van der Waals surface area contributed by atoms with Crippen molar-refractivity contribution < 1.29 is 28.6 Å². The van der Waals surface area contributed by atoms with Crippen molar-refractivity contribution in [2.75, 3.05) is 19.8 Å². The zero-order valence-corrected chi connectivity index (χ0v) is 16.7. The maximum Gasteiger partial charge on any atom is 0.407 e. The molecule has 1 aromatic rings. The van der Waals surface area contributed by atoms with E-state index < -0.39 is 29.6 Å². The van der Waals surface area contributed by atoms with Gasteiger partial charge in [-0.3, -0.25) is 4.79 Å². The van der Waals surface area contributed by atoms with Crippen LogP contribution in [0.15, 0.2) is 24.3 Å². The lowest BCUT2D eigenvalue weighted by molar-refractivity contribution is -0.147. The van der Waals surface area contributed by atoms with Crippen LogP contribution in [-0.4, -0.2) is 43.4 Å². The Morgan fingerprint density at radius 3 is 2.11 bits per heavy atom. The first-order valence-corrected chi connectivity index (χ1v) is 9.05. The topological polar surface area (TPSA) is 90.9 Å². The molecule has 1 rings (SSSR count). The fourth-order valence-electron chi connectivity index (χ4n) is 2.30. The monoisotopic (exact) mass is 379 g/mol. The number of hydrogen-bond donors (Lipinski definition) is 1. The largest absolute Gasteiger partial charge is 0.466 e. The van der Waals surface area contributed by atoms with Crippen LogP contribution in [0.5, 0.6) is 0 Å². The van der Waals surface area contributed by atoms with Crippen molar-refractivity contribution in [1.82, 2.24) is 5.32 Å². The summed E-state index contributed by atoms with van der Waals surface area (Å²) in [5.74, 6) is -1.36. The zero-order valence-electron chi connectivity index (χ0n) is 16.7. The van der Waals surface area contributed by atoms with Gasteiger partial charge in [-0.1, -0.05) is 12.1 Å². The van der Waals surface area contributed by atoms with Crippen LogP contribution in [0, 0.1) is 5.92 Å². The SMILES string of the molecule is CCOC(=O)c1ccc(CC(CNC(=O)OC(C)(C)C)C(=O)OCC)cc1.